The van der Waals surface area contributed by atoms with Crippen molar-refractivity contribution in [2.45, 2.75) is 6.92 Å². The molecule has 24 heavy (non-hydrogen) atoms. The molecule has 0 spiro atoms. The van der Waals surface area contributed by atoms with Gasteiger partial charge in [-0.05, 0) is 49.4 Å². The second kappa shape index (κ2) is 7.84. The van der Waals surface area contributed by atoms with Crippen molar-refractivity contribution in [2.24, 2.45) is 0 Å². The van der Waals surface area contributed by atoms with Gasteiger partial charge < -0.3 is 19.5 Å². The number of benzene rings is 1. The van der Waals surface area contributed by atoms with Gasteiger partial charge >= 0.3 is 0 Å². The lowest BCUT2D eigenvalue weighted by Gasteiger charge is -2.33. The van der Waals surface area contributed by atoms with Crippen LogP contribution in [0.2, 0.25) is 0 Å². The lowest BCUT2D eigenvalue weighted by atomic mass is 10.2. The van der Waals surface area contributed by atoms with Gasteiger partial charge in [-0.15, -0.1) is 0 Å². The van der Waals surface area contributed by atoms with Crippen LogP contribution in [-0.2, 0) is 4.79 Å². The molecule has 1 aromatic heterocycles. The molecule has 0 bridgehead atoms. The molecule has 1 aliphatic heterocycles. The van der Waals surface area contributed by atoms with Crippen molar-refractivity contribution in [2.75, 3.05) is 42.9 Å². The highest BCUT2D eigenvalue weighted by atomic mass is 16.3. The van der Waals surface area contributed by atoms with Crippen molar-refractivity contribution in [3.63, 3.8) is 0 Å². The van der Waals surface area contributed by atoms with Crippen molar-refractivity contribution >= 4 is 23.4 Å². The molecule has 1 aromatic carbocycles. The highest BCUT2D eigenvalue weighted by Crippen LogP contribution is 2.18. The molecule has 1 saturated heterocycles. The summed E-state index contributed by atoms with van der Waals surface area (Å²) in [4.78, 5) is 16.0. The maximum atomic E-state index is 11.9. The summed E-state index contributed by atoms with van der Waals surface area (Å²) in [6.07, 6.45) is 4.71. The molecule has 0 aliphatic carbocycles. The topological polar surface area (TPSA) is 49.9 Å². The monoisotopic (exact) mass is 326 g/mol. The Hall–Kier alpha value is -2.53. The fourth-order valence-electron chi connectivity index (χ4n) is 2.92. The van der Waals surface area contributed by atoms with E-state index in [1.54, 1.807) is 29.4 Å². The van der Waals surface area contributed by atoms with Gasteiger partial charge in [0, 0.05) is 17.5 Å². The van der Waals surface area contributed by atoms with Crippen LogP contribution in [0.4, 0.5) is 11.4 Å². The molecule has 1 amide bonds. The fraction of sp³-hybridized carbons (Fsp3) is 0.316. The quantitative estimate of drug-likeness (QED) is 0.822. The molecule has 0 unspecified atom stereocenters. The smallest absolute Gasteiger partial charge is 0.248 e. The Labute approximate surface area is 142 Å². The Morgan fingerprint density at radius 3 is 2.62 bits per heavy atom. The largest absolute Gasteiger partial charge is 0.465 e. The fourth-order valence-corrected chi connectivity index (χ4v) is 2.92. The Morgan fingerprint density at radius 2 is 2.00 bits per heavy atom. The number of nitrogens with one attached hydrogen (secondary N) is 2. The highest BCUT2D eigenvalue weighted by molar-refractivity contribution is 6.01. The minimum atomic E-state index is -0.167. The average Bonchev–Trinajstić information content (AvgIpc) is 3.14. The van der Waals surface area contributed by atoms with Crippen LogP contribution in [0.1, 0.15) is 12.7 Å². The van der Waals surface area contributed by atoms with Crippen LogP contribution < -0.4 is 15.1 Å². The highest BCUT2D eigenvalue weighted by Gasteiger charge is 2.18. The van der Waals surface area contributed by atoms with E-state index in [1.165, 1.54) is 31.4 Å². The maximum Gasteiger partial charge on any atom is 0.248 e. The van der Waals surface area contributed by atoms with E-state index in [0.29, 0.717) is 5.76 Å². The van der Waals surface area contributed by atoms with E-state index in [2.05, 4.69) is 29.3 Å². The lowest BCUT2D eigenvalue weighted by Crippen LogP contribution is -3.14. The third kappa shape index (κ3) is 4.26. The molecular formula is C19H24N3O2+. The molecule has 0 saturated carbocycles. The molecule has 2 aromatic rings. The predicted molar refractivity (Wildman–Crippen MR) is 96.3 cm³/mol. The molecule has 0 radical (unpaired) electrons. The first-order valence-electron chi connectivity index (χ1n) is 8.46. The summed E-state index contributed by atoms with van der Waals surface area (Å²) in [5.41, 5.74) is 2.01. The first kappa shape index (κ1) is 16.3. The number of carbonyl (C=O) groups is 1. The van der Waals surface area contributed by atoms with Gasteiger partial charge in [-0.1, -0.05) is 0 Å². The first-order chi connectivity index (χ1) is 11.7. The molecule has 5 nitrogen and oxygen atoms in total. The van der Waals surface area contributed by atoms with Crippen molar-refractivity contribution in [1.82, 2.24) is 0 Å². The Bertz CT molecular complexity index is 669. The molecule has 126 valence electrons. The van der Waals surface area contributed by atoms with Gasteiger partial charge in [-0.25, -0.2) is 0 Å². The zero-order valence-electron chi connectivity index (χ0n) is 14.0. The van der Waals surface area contributed by atoms with Crippen LogP contribution >= 0.6 is 0 Å². The predicted octanol–water partition coefficient (Wildman–Crippen LogP) is 1.66. The SMILES string of the molecule is CC[NH+]1CCN(c2ccc(NC(=O)/C=C/c3ccco3)cc2)CC1. The second-order valence-corrected chi connectivity index (χ2v) is 5.98. The first-order valence-corrected chi connectivity index (χ1v) is 8.46. The van der Waals surface area contributed by atoms with E-state index in [9.17, 15) is 4.79 Å². The number of nitrogens with zero attached hydrogens (tertiary/aromatic N) is 1. The molecule has 2 N–H and O–H groups in total. The summed E-state index contributed by atoms with van der Waals surface area (Å²) in [6.45, 7) is 7.98. The Kier molecular flexibility index (Phi) is 5.33. The summed E-state index contributed by atoms with van der Waals surface area (Å²) in [5.74, 6) is 0.494. The van der Waals surface area contributed by atoms with Gasteiger partial charge in [0.2, 0.25) is 5.91 Å². The number of carbonyl (C=O) groups excluding carboxylic acids is 1. The van der Waals surface area contributed by atoms with Crippen LogP contribution in [0.5, 0.6) is 0 Å². The molecule has 5 heteroatoms. The Morgan fingerprint density at radius 1 is 1.25 bits per heavy atom. The number of amides is 1. The van der Waals surface area contributed by atoms with E-state index in [-0.39, 0.29) is 5.91 Å². The van der Waals surface area contributed by atoms with Crippen LogP contribution in [0.25, 0.3) is 6.08 Å². The summed E-state index contributed by atoms with van der Waals surface area (Å²) in [7, 11) is 0. The van der Waals surface area contributed by atoms with E-state index in [1.807, 2.05) is 12.1 Å². The van der Waals surface area contributed by atoms with Crippen LogP contribution in [0.3, 0.4) is 0 Å². The normalized spacial score (nSPS) is 15.8. The van der Waals surface area contributed by atoms with E-state index in [4.69, 9.17) is 4.42 Å². The number of hydrogen-bond acceptors (Lipinski definition) is 3. The van der Waals surface area contributed by atoms with Gasteiger partial charge in [0.15, 0.2) is 0 Å². The zero-order valence-corrected chi connectivity index (χ0v) is 14.0. The zero-order chi connectivity index (χ0) is 16.8. The van der Waals surface area contributed by atoms with E-state index >= 15 is 0 Å². The number of furan rings is 1. The van der Waals surface area contributed by atoms with Crippen molar-refractivity contribution < 1.29 is 14.1 Å². The van der Waals surface area contributed by atoms with E-state index in [0.717, 1.165) is 18.8 Å². The number of rotatable bonds is 5. The number of likely N-dealkylation sites (N-methyl/N-ethyl adjacent to an activating group) is 1. The summed E-state index contributed by atoms with van der Waals surface area (Å²) in [6, 6.07) is 11.6. The van der Waals surface area contributed by atoms with Crippen molar-refractivity contribution in [1.29, 1.82) is 0 Å². The number of hydrogen-bond donors (Lipinski definition) is 2. The maximum absolute atomic E-state index is 11.9. The molecule has 2 heterocycles. The molecular weight excluding hydrogens is 302 g/mol. The van der Waals surface area contributed by atoms with Gasteiger partial charge in [0.25, 0.3) is 0 Å². The van der Waals surface area contributed by atoms with E-state index < -0.39 is 0 Å². The lowest BCUT2D eigenvalue weighted by molar-refractivity contribution is -0.898. The molecule has 3 rings (SSSR count). The van der Waals surface area contributed by atoms with Crippen molar-refractivity contribution in [3.8, 4) is 0 Å². The van der Waals surface area contributed by atoms with Crippen LogP contribution in [0, 0.1) is 0 Å². The van der Waals surface area contributed by atoms with Gasteiger partial charge in [-0.3, -0.25) is 4.79 Å². The minimum Gasteiger partial charge on any atom is -0.465 e. The van der Waals surface area contributed by atoms with Crippen LogP contribution in [-0.4, -0.2) is 38.6 Å². The van der Waals surface area contributed by atoms with Gasteiger partial charge in [-0.2, -0.15) is 0 Å². The average molecular weight is 326 g/mol. The van der Waals surface area contributed by atoms with Gasteiger partial charge in [0.05, 0.1) is 39.0 Å². The van der Waals surface area contributed by atoms with Gasteiger partial charge in [0.1, 0.15) is 5.76 Å². The number of quaternary nitrogens is 1. The third-order valence-electron chi connectivity index (χ3n) is 4.41. The molecule has 1 fully saturated rings. The number of anilines is 2. The third-order valence-corrected chi connectivity index (χ3v) is 4.41. The summed E-state index contributed by atoms with van der Waals surface area (Å²) >= 11 is 0. The molecule has 1 aliphatic rings. The molecule has 0 atom stereocenters. The number of piperazine rings is 1. The standard InChI is InChI=1S/C19H23N3O2/c1-2-21-11-13-22(14-12-21)17-7-5-16(6-8-17)20-19(23)10-9-18-4-3-15-24-18/h3-10,15H,2,11-14H2,1H3,(H,20,23)/p+1/b10-9+. The van der Waals surface area contributed by atoms with Crippen molar-refractivity contribution in [3.05, 3.63) is 54.5 Å². The van der Waals surface area contributed by atoms with Crippen LogP contribution in [0.15, 0.2) is 53.2 Å². The minimum absolute atomic E-state index is 0.167. The Balaban J connectivity index is 1.54. The second-order valence-electron chi connectivity index (χ2n) is 5.98. The summed E-state index contributed by atoms with van der Waals surface area (Å²) in [5, 5.41) is 2.86. The summed E-state index contributed by atoms with van der Waals surface area (Å²) < 4.78 is 5.16.